The van der Waals surface area contributed by atoms with E-state index in [0.717, 1.165) is 12.8 Å². The maximum atomic E-state index is 12.3. The SMILES string of the molecule is CC1CC(C)CN(C(=O)C(=O)NC(C)(C)CC(C)(C)C)C1. The van der Waals surface area contributed by atoms with Crippen molar-refractivity contribution in [2.75, 3.05) is 13.1 Å². The molecule has 0 saturated carbocycles. The van der Waals surface area contributed by atoms with Crippen molar-refractivity contribution < 1.29 is 9.59 Å². The standard InChI is InChI=1S/C17H32N2O2/c1-12-8-13(2)10-19(9-12)15(21)14(20)18-17(6,7)11-16(3,4)5/h12-13H,8-11H2,1-7H3,(H,18,20). The zero-order chi connectivity index (χ0) is 16.4. The molecule has 1 saturated heterocycles. The molecule has 0 aromatic carbocycles. The third kappa shape index (κ3) is 6.06. The fourth-order valence-corrected chi connectivity index (χ4v) is 3.70. The maximum absolute atomic E-state index is 12.3. The lowest BCUT2D eigenvalue weighted by Crippen LogP contribution is -2.54. The van der Waals surface area contributed by atoms with Gasteiger partial charge in [-0.25, -0.2) is 0 Å². The molecule has 0 spiro atoms. The number of carbonyl (C=O) groups is 2. The number of carbonyl (C=O) groups excluding carboxylic acids is 2. The molecule has 0 aromatic rings. The molecule has 21 heavy (non-hydrogen) atoms. The van der Waals surface area contributed by atoms with E-state index in [1.165, 1.54) is 0 Å². The Hall–Kier alpha value is -1.06. The summed E-state index contributed by atoms with van der Waals surface area (Å²) in [6.07, 6.45) is 1.95. The van der Waals surface area contributed by atoms with Crippen molar-refractivity contribution in [2.45, 2.75) is 66.8 Å². The monoisotopic (exact) mass is 296 g/mol. The van der Waals surface area contributed by atoms with Crippen LogP contribution in [0.4, 0.5) is 0 Å². The van der Waals surface area contributed by atoms with Gasteiger partial charge < -0.3 is 10.2 Å². The molecule has 1 heterocycles. The van der Waals surface area contributed by atoms with Gasteiger partial charge in [0.1, 0.15) is 0 Å². The highest BCUT2D eigenvalue weighted by Gasteiger charge is 2.33. The summed E-state index contributed by atoms with van der Waals surface area (Å²) < 4.78 is 0. The number of nitrogens with zero attached hydrogens (tertiary/aromatic N) is 1. The predicted molar refractivity (Wildman–Crippen MR) is 85.8 cm³/mol. The number of hydrogen-bond acceptors (Lipinski definition) is 2. The summed E-state index contributed by atoms with van der Waals surface area (Å²) in [6.45, 7) is 16.0. The Bertz CT molecular complexity index is 386. The van der Waals surface area contributed by atoms with Crippen molar-refractivity contribution in [2.24, 2.45) is 17.3 Å². The first kappa shape index (κ1) is 18.0. The van der Waals surface area contributed by atoms with Crippen LogP contribution in [0.15, 0.2) is 0 Å². The van der Waals surface area contributed by atoms with Gasteiger partial charge in [0.15, 0.2) is 0 Å². The first-order valence-corrected chi connectivity index (χ1v) is 8.01. The Morgan fingerprint density at radius 3 is 1.95 bits per heavy atom. The van der Waals surface area contributed by atoms with Gasteiger partial charge in [-0.2, -0.15) is 0 Å². The van der Waals surface area contributed by atoms with Crippen LogP contribution < -0.4 is 5.32 Å². The minimum Gasteiger partial charge on any atom is -0.343 e. The van der Waals surface area contributed by atoms with E-state index in [9.17, 15) is 9.59 Å². The highest BCUT2D eigenvalue weighted by Crippen LogP contribution is 2.27. The fourth-order valence-electron chi connectivity index (χ4n) is 3.70. The van der Waals surface area contributed by atoms with Gasteiger partial charge in [-0.15, -0.1) is 0 Å². The minimum absolute atomic E-state index is 0.105. The van der Waals surface area contributed by atoms with Gasteiger partial charge in [0, 0.05) is 18.6 Å². The Morgan fingerprint density at radius 2 is 1.52 bits per heavy atom. The molecule has 122 valence electrons. The second kappa shape index (κ2) is 6.37. The molecule has 2 atom stereocenters. The zero-order valence-electron chi connectivity index (χ0n) is 14.7. The van der Waals surface area contributed by atoms with Gasteiger partial charge in [0.25, 0.3) is 0 Å². The van der Waals surface area contributed by atoms with Crippen molar-refractivity contribution in [3.8, 4) is 0 Å². The largest absolute Gasteiger partial charge is 0.343 e. The summed E-state index contributed by atoms with van der Waals surface area (Å²) in [6, 6.07) is 0. The second-order valence-corrected chi connectivity index (χ2v) is 8.73. The Kier molecular flexibility index (Phi) is 5.46. The maximum Gasteiger partial charge on any atom is 0.311 e. The average molecular weight is 296 g/mol. The fraction of sp³-hybridized carbons (Fsp3) is 0.882. The molecule has 1 aliphatic heterocycles. The molecular formula is C17H32N2O2. The van der Waals surface area contributed by atoms with E-state index in [2.05, 4.69) is 39.9 Å². The molecule has 0 bridgehead atoms. The van der Waals surface area contributed by atoms with Gasteiger partial charge in [-0.1, -0.05) is 34.6 Å². The third-order valence-corrected chi connectivity index (χ3v) is 3.77. The van der Waals surface area contributed by atoms with Crippen LogP contribution >= 0.6 is 0 Å². The lowest BCUT2D eigenvalue weighted by molar-refractivity contribution is -0.148. The van der Waals surface area contributed by atoms with Crippen molar-refractivity contribution in [3.05, 3.63) is 0 Å². The topological polar surface area (TPSA) is 49.4 Å². The summed E-state index contributed by atoms with van der Waals surface area (Å²) in [5.74, 6) is 0.0853. The van der Waals surface area contributed by atoms with E-state index in [1.54, 1.807) is 4.90 Å². The van der Waals surface area contributed by atoms with Gasteiger partial charge in [-0.05, 0) is 43.9 Å². The number of rotatable bonds is 2. The summed E-state index contributed by atoms with van der Waals surface area (Å²) in [5, 5.41) is 2.91. The molecule has 4 heteroatoms. The zero-order valence-corrected chi connectivity index (χ0v) is 14.7. The summed E-state index contributed by atoms with van der Waals surface area (Å²) >= 11 is 0. The quantitative estimate of drug-likeness (QED) is 0.797. The van der Waals surface area contributed by atoms with Crippen LogP contribution in [-0.2, 0) is 9.59 Å². The molecule has 1 N–H and O–H groups in total. The smallest absolute Gasteiger partial charge is 0.311 e. The molecule has 0 aliphatic carbocycles. The number of amides is 2. The van der Waals surface area contributed by atoms with Crippen LogP contribution in [0, 0.1) is 17.3 Å². The molecule has 4 nitrogen and oxygen atoms in total. The molecule has 2 unspecified atom stereocenters. The van der Waals surface area contributed by atoms with Gasteiger partial charge in [-0.3, -0.25) is 9.59 Å². The Morgan fingerprint density at radius 1 is 1.05 bits per heavy atom. The van der Waals surface area contributed by atoms with Crippen LogP contribution in [-0.4, -0.2) is 35.3 Å². The Labute approximate surface area is 129 Å². The number of hydrogen-bond donors (Lipinski definition) is 1. The van der Waals surface area contributed by atoms with Gasteiger partial charge in [0.2, 0.25) is 0 Å². The van der Waals surface area contributed by atoms with E-state index in [-0.39, 0.29) is 16.9 Å². The van der Waals surface area contributed by atoms with E-state index in [1.807, 2.05) is 13.8 Å². The van der Waals surface area contributed by atoms with Crippen LogP contribution in [0.3, 0.4) is 0 Å². The van der Waals surface area contributed by atoms with Crippen LogP contribution in [0.25, 0.3) is 0 Å². The van der Waals surface area contributed by atoms with Gasteiger partial charge >= 0.3 is 11.8 Å². The predicted octanol–water partition coefficient (Wildman–Crippen LogP) is 2.82. The van der Waals surface area contributed by atoms with E-state index >= 15 is 0 Å². The Balaban J connectivity index is 2.64. The highest BCUT2D eigenvalue weighted by molar-refractivity contribution is 6.35. The van der Waals surface area contributed by atoms with Crippen LogP contribution in [0.5, 0.6) is 0 Å². The number of likely N-dealkylation sites (tertiary alicyclic amines) is 1. The highest BCUT2D eigenvalue weighted by atomic mass is 16.2. The van der Waals surface area contributed by atoms with E-state index in [4.69, 9.17) is 0 Å². The van der Waals surface area contributed by atoms with Crippen molar-refractivity contribution in [3.63, 3.8) is 0 Å². The first-order chi connectivity index (χ1) is 9.39. The summed E-state index contributed by atoms with van der Waals surface area (Å²) in [7, 11) is 0. The van der Waals surface area contributed by atoms with Crippen LogP contribution in [0.2, 0.25) is 0 Å². The normalized spacial score (nSPS) is 23.9. The molecule has 2 amide bonds. The first-order valence-electron chi connectivity index (χ1n) is 8.01. The number of piperidine rings is 1. The number of nitrogens with one attached hydrogen (secondary N) is 1. The van der Waals surface area contributed by atoms with Crippen molar-refractivity contribution >= 4 is 11.8 Å². The summed E-state index contributed by atoms with van der Waals surface area (Å²) in [4.78, 5) is 26.3. The van der Waals surface area contributed by atoms with E-state index < -0.39 is 5.91 Å². The molecule has 1 fully saturated rings. The molecule has 1 aliphatic rings. The average Bonchev–Trinajstić information content (AvgIpc) is 2.22. The van der Waals surface area contributed by atoms with E-state index in [0.29, 0.717) is 24.9 Å². The van der Waals surface area contributed by atoms with Crippen molar-refractivity contribution in [1.29, 1.82) is 0 Å². The minimum atomic E-state index is -0.467. The van der Waals surface area contributed by atoms with Gasteiger partial charge in [0.05, 0.1) is 0 Å². The molecule has 0 aromatic heterocycles. The molecule has 1 rings (SSSR count). The molecular weight excluding hydrogens is 264 g/mol. The molecule has 0 radical (unpaired) electrons. The lowest BCUT2D eigenvalue weighted by Gasteiger charge is -2.36. The second-order valence-electron chi connectivity index (χ2n) is 8.73. The summed E-state index contributed by atoms with van der Waals surface area (Å²) in [5.41, 5.74) is -0.272. The van der Waals surface area contributed by atoms with Crippen molar-refractivity contribution in [1.82, 2.24) is 10.2 Å². The third-order valence-electron chi connectivity index (χ3n) is 3.77. The lowest BCUT2D eigenvalue weighted by atomic mass is 9.82. The van der Waals surface area contributed by atoms with Crippen LogP contribution in [0.1, 0.15) is 61.3 Å².